The largest absolute Gasteiger partial charge is 0.458 e. The summed E-state index contributed by atoms with van der Waals surface area (Å²) in [6.07, 6.45) is 64.4. The van der Waals surface area contributed by atoms with Gasteiger partial charge in [-0.3, -0.25) is 0 Å². The van der Waals surface area contributed by atoms with Gasteiger partial charge in [-0.15, -0.1) is 0 Å². The number of esters is 2. The van der Waals surface area contributed by atoms with E-state index in [1.54, 1.807) is 36.5 Å². The van der Waals surface area contributed by atoms with Gasteiger partial charge in [-0.25, -0.2) is 9.59 Å². The van der Waals surface area contributed by atoms with Gasteiger partial charge in [0.2, 0.25) is 0 Å². The molecular weight excluding hydrogens is 645 g/mol. The van der Waals surface area contributed by atoms with Crippen molar-refractivity contribution in [3.63, 3.8) is 0 Å². The summed E-state index contributed by atoms with van der Waals surface area (Å²) in [5.41, 5.74) is 0. The summed E-state index contributed by atoms with van der Waals surface area (Å²) in [6.45, 7) is 3.79. The van der Waals surface area contributed by atoms with E-state index in [0.29, 0.717) is 0 Å². The number of ether oxygens (including phenoxy) is 2. The number of rotatable bonds is 32. The summed E-state index contributed by atoms with van der Waals surface area (Å²) in [5.74, 6) is -1.24. The molecule has 1 atom stereocenters. The van der Waals surface area contributed by atoms with E-state index < -0.39 is 24.6 Å². The zero-order valence-electron chi connectivity index (χ0n) is 32.2. The molecule has 1 N–H and O–H groups in total. The first-order valence-corrected chi connectivity index (χ1v) is 19.6. The molecule has 0 rings (SSSR count). The molecule has 286 valence electrons. The number of aliphatic hydroxyl groups is 1. The van der Waals surface area contributed by atoms with Gasteiger partial charge in [0.05, 0.1) is 6.61 Å². The molecule has 0 aromatic rings. The predicted octanol–water partition coefficient (Wildman–Crippen LogP) is 12.4. The van der Waals surface area contributed by atoms with Crippen LogP contribution in [0.3, 0.4) is 0 Å². The summed E-state index contributed by atoms with van der Waals surface area (Å²) in [5, 5.41) is 9.49. The van der Waals surface area contributed by atoms with E-state index >= 15 is 0 Å². The Balaban J connectivity index is 4.09. The number of aliphatic hydroxyl groups excluding tert-OH is 1. The third-order valence-corrected chi connectivity index (χ3v) is 7.58. The van der Waals surface area contributed by atoms with Gasteiger partial charge in [0.1, 0.15) is 6.61 Å². The molecular formula is C47H68O5. The van der Waals surface area contributed by atoms with Crippen molar-refractivity contribution in [3.8, 4) is 0 Å². The first-order valence-electron chi connectivity index (χ1n) is 19.6. The Labute approximate surface area is 317 Å². The quantitative estimate of drug-likeness (QED) is 0.0325. The van der Waals surface area contributed by atoms with Gasteiger partial charge in [-0.05, 0) is 25.7 Å². The van der Waals surface area contributed by atoms with Crippen molar-refractivity contribution in [1.82, 2.24) is 0 Å². The van der Waals surface area contributed by atoms with Gasteiger partial charge >= 0.3 is 11.9 Å². The summed E-state index contributed by atoms with van der Waals surface area (Å²) in [4.78, 5) is 24.0. The molecule has 0 spiro atoms. The highest BCUT2D eigenvalue weighted by molar-refractivity contribution is 5.83. The minimum atomic E-state index is -0.952. The molecule has 0 aliphatic rings. The van der Waals surface area contributed by atoms with E-state index in [1.165, 1.54) is 102 Å². The van der Waals surface area contributed by atoms with Crippen LogP contribution in [-0.4, -0.2) is 36.4 Å². The monoisotopic (exact) mass is 713 g/mol. The van der Waals surface area contributed by atoms with Gasteiger partial charge in [-0.2, -0.15) is 0 Å². The number of allylic oxidation sites excluding steroid dienone is 22. The van der Waals surface area contributed by atoms with Crippen LogP contribution >= 0.6 is 0 Å². The van der Waals surface area contributed by atoms with Gasteiger partial charge in [0.25, 0.3) is 0 Å². The van der Waals surface area contributed by atoms with E-state index in [0.717, 1.165) is 12.8 Å². The van der Waals surface area contributed by atoms with Crippen LogP contribution in [0.2, 0.25) is 0 Å². The Morgan fingerprint density at radius 2 is 0.769 bits per heavy atom. The van der Waals surface area contributed by atoms with Crippen molar-refractivity contribution in [2.75, 3.05) is 13.2 Å². The van der Waals surface area contributed by atoms with E-state index in [9.17, 15) is 14.7 Å². The van der Waals surface area contributed by atoms with Gasteiger partial charge in [0, 0.05) is 12.2 Å². The minimum Gasteiger partial charge on any atom is -0.458 e. The van der Waals surface area contributed by atoms with Crippen molar-refractivity contribution in [3.05, 3.63) is 146 Å². The second-order valence-electron chi connectivity index (χ2n) is 12.3. The highest BCUT2D eigenvalue weighted by Gasteiger charge is 2.13. The van der Waals surface area contributed by atoms with Crippen LogP contribution in [0.4, 0.5) is 0 Å². The Morgan fingerprint density at radius 3 is 1.15 bits per heavy atom. The van der Waals surface area contributed by atoms with Crippen LogP contribution in [-0.2, 0) is 19.1 Å². The molecule has 0 unspecified atom stereocenters. The number of hydrogen-bond acceptors (Lipinski definition) is 5. The van der Waals surface area contributed by atoms with Gasteiger partial charge < -0.3 is 14.6 Å². The molecule has 0 amide bonds. The van der Waals surface area contributed by atoms with Crippen molar-refractivity contribution in [1.29, 1.82) is 0 Å². The zero-order chi connectivity index (χ0) is 37.8. The molecule has 0 bridgehead atoms. The minimum absolute atomic E-state index is 0.246. The second kappa shape index (κ2) is 41.2. The number of hydrogen-bond donors (Lipinski definition) is 1. The Kier molecular flexibility index (Phi) is 37.9. The molecule has 0 aromatic carbocycles. The van der Waals surface area contributed by atoms with E-state index in [1.807, 2.05) is 72.9 Å². The molecule has 0 aromatic heterocycles. The Hall–Kier alpha value is -4.22. The van der Waals surface area contributed by atoms with Crippen LogP contribution in [0.1, 0.15) is 117 Å². The molecule has 0 fully saturated rings. The van der Waals surface area contributed by atoms with E-state index in [-0.39, 0.29) is 6.61 Å². The fourth-order valence-corrected chi connectivity index (χ4v) is 4.63. The van der Waals surface area contributed by atoms with Gasteiger partial charge in [0.15, 0.2) is 6.10 Å². The zero-order valence-corrected chi connectivity index (χ0v) is 32.2. The molecule has 52 heavy (non-hydrogen) atoms. The van der Waals surface area contributed by atoms with Gasteiger partial charge in [-0.1, -0.05) is 225 Å². The van der Waals surface area contributed by atoms with Crippen molar-refractivity contribution >= 4 is 11.9 Å². The maximum Gasteiger partial charge on any atom is 0.331 e. The van der Waals surface area contributed by atoms with Crippen LogP contribution in [0.25, 0.3) is 0 Å². The average molecular weight is 713 g/mol. The summed E-state index contributed by atoms with van der Waals surface area (Å²) in [6, 6.07) is 0. The molecule has 0 heterocycles. The fourth-order valence-electron chi connectivity index (χ4n) is 4.63. The number of unbranched alkanes of at least 4 members (excludes halogenated alkanes) is 14. The lowest BCUT2D eigenvalue weighted by Gasteiger charge is -2.13. The maximum atomic E-state index is 12.0. The van der Waals surface area contributed by atoms with E-state index in [2.05, 4.69) is 38.2 Å². The van der Waals surface area contributed by atoms with Crippen molar-refractivity contribution < 1.29 is 24.2 Å². The molecule has 5 nitrogen and oxygen atoms in total. The molecule has 0 saturated carbocycles. The van der Waals surface area contributed by atoms with E-state index in [4.69, 9.17) is 9.47 Å². The number of carbonyl (C=O) groups excluding carboxylic acids is 2. The third kappa shape index (κ3) is 38.6. The first-order chi connectivity index (χ1) is 25.6. The maximum absolute atomic E-state index is 12.0. The molecule has 0 aliphatic carbocycles. The predicted molar refractivity (Wildman–Crippen MR) is 223 cm³/mol. The topological polar surface area (TPSA) is 72.8 Å². The fraction of sp³-hybridized carbons (Fsp3) is 0.447. The third-order valence-electron chi connectivity index (χ3n) is 7.58. The summed E-state index contributed by atoms with van der Waals surface area (Å²) >= 11 is 0. The molecule has 0 aliphatic heterocycles. The molecule has 0 saturated heterocycles. The lowest BCUT2D eigenvalue weighted by Crippen LogP contribution is -2.27. The molecule has 0 radical (unpaired) electrons. The smallest absolute Gasteiger partial charge is 0.331 e. The standard InChI is InChI=1S/C47H68O5/c1-3-5-7-9-11-13-15-17-19-21-23-25-27-29-31-33-35-37-39-41-46(49)51-44-45(43-48)52-47(50)42-40-38-36-34-32-30-28-26-24-22-20-18-16-14-12-10-8-6-4-2/h19-42,45,48H,3-18,43-44H2,1-2H3/b21-19+,22-20+,25-23+,26-24+,29-27+,30-28+,33-31+,34-32+,37-35+,38-36+,41-39+,42-40+/t45-/m0/s1. The van der Waals surface area contributed by atoms with Crippen LogP contribution in [0.15, 0.2) is 146 Å². The first kappa shape index (κ1) is 47.8. The normalized spacial score (nSPS) is 13.8. The Morgan fingerprint density at radius 1 is 0.442 bits per heavy atom. The van der Waals surface area contributed by atoms with Crippen molar-refractivity contribution in [2.24, 2.45) is 0 Å². The average Bonchev–Trinajstić information content (AvgIpc) is 3.15. The highest BCUT2D eigenvalue weighted by atomic mass is 16.6. The summed E-state index contributed by atoms with van der Waals surface area (Å²) < 4.78 is 10.2. The summed E-state index contributed by atoms with van der Waals surface area (Å²) in [7, 11) is 0. The highest BCUT2D eigenvalue weighted by Crippen LogP contribution is 2.09. The number of carbonyl (C=O) groups is 2. The Bertz CT molecular complexity index is 1220. The van der Waals surface area contributed by atoms with Crippen LogP contribution in [0.5, 0.6) is 0 Å². The second-order valence-corrected chi connectivity index (χ2v) is 12.3. The van der Waals surface area contributed by atoms with Crippen LogP contribution in [0, 0.1) is 0 Å². The lowest BCUT2D eigenvalue weighted by atomic mass is 10.1. The molecule has 5 heteroatoms. The lowest BCUT2D eigenvalue weighted by molar-refractivity contribution is -0.154. The SMILES string of the molecule is CCCCCCCCC/C=C/C=C/C=C/C=C/C=C/C=C/C(=O)OC[C@H](CO)OC(=O)/C=C/C=C/C=C/C=C/C=C/C=C/CCCCCCCCC. The van der Waals surface area contributed by atoms with Crippen molar-refractivity contribution in [2.45, 2.75) is 123 Å². The van der Waals surface area contributed by atoms with Crippen LogP contribution < -0.4 is 0 Å².